The van der Waals surface area contributed by atoms with E-state index in [1.807, 2.05) is 0 Å². The summed E-state index contributed by atoms with van der Waals surface area (Å²) in [4.78, 5) is 12.6. The molecule has 9 heteroatoms. The van der Waals surface area contributed by atoms with Crippen LogP contribution in [0.1, 0.15) is 15.4 Å². The second kappa shape index (κ2) is 5.74. The third kappa shape index (κ3) is 2.86. The van der Waals surface area contributed by atoms with Crippen LogP contribution in [0, 0.1) is 5.82 Å². The van der Waals surface area contributed by atoms with E-state index in [1.54, 1.807) is 4.52 Å². The zero-order valence-electron chi connectivity index (χ0n) is 10.6. The van der Waals surface area contributed by atoms with E-state index < -0.39 is 11.7 Å². The third-order valence-electron chi connectivity index (χ3n) is 2.74. The van der Waals surface area contributed by atoms with E-state index in [4.69, 9.17) is 11.6 Å². The Balaban J connectivity index is 1.62. The third-order valence-corrected chi connectivity index (χ3v) is 4.03. The van der Waals surface area contributed by atoms with Crippen molar-refractivity contribution in [2.75, 3.05) is 6.54 Å². The molecule has 0 radical (unpaired) electrons. The van der Waals surface area contributed by atoms with Gasteiger partial charge in [-0.1, -0.05) is 29.0 Å². The molecule has 2 heterocycles. The molecule has 1 amide bonds. The average molecular weight is 326 g/mol. The number of hydrogen-bond donors (Lipinski definition) is 1. The van der Waals surface area contributed by atoms with Crippen molar-refractivity contribution in [3.63, 3.8) is 0 Å². The first kappa shape index (κ1) is 13.9. The fourth-order valence-electron chi connectivity index (χ4n) is 1.79. The summed E-state index contributed by atoms with van der Waals surface area (Å²) >= 11 is 7.21. The van der Waals surface area contributed by atoms with E-state index in [-0.39, 0.29) is 10.6 Å². The van der Waals surface area contributed by atoms with Crippen LogP contribution >= 0.6 is 22.9 Å². The molecule has 0 aliphatic rings. The van der Waals surface area contributed by atoms with E-state index in [9.17, 15) is 9.18 Å². The predicted molar refractivity (Wildman–Crippen MR) is 76.1 cm³/mol. The molecule has 3 rings (SSSR count). The Labute approximate surface area is 127 Å². The zero-order chi connectivity index (χ0) is 14.8. The summed E-state index contributed by atoms with van der Waals surface area (Å²) in [6.45, 7) is 0.327. The highest BCUT2D eigenvalue weighted by atomic mass is 35.5. The van der Waals surface area contributed by atoms with Crippen molar-refractivity contribution in [2.45, 2.75) is 6.42 Å². The van der Waals surface area contributed by atoms with Crippen molar-refractivity contribution < 1.29 is 9.18 Å². The van der Waals surface area contributed by atoms with Crippen LogP contribution in [0.4, 0.5) is 4.39 Å². The fourth-order valence-corrected chi connectivity index (χ4v) is 2.85. The molecule has 0 spiro atoms. The van der Waals surface area contributed by atoms with Crippen molar-refractivity contribution in [2.24, 2.45) is 0 Å². The van der Waals surface area contributed by atoms with Crippen LogP contribution in [0.3, 0.4) is 0 Å². The second-order valence-corrected chi connectivity index (χ2v) is 5.60. The van der Waals surface area contributed by atoms with Crippen LogP contribution in [-0.4, -0.2) is 32.3 Å². The summed E-state index contributed by atoms with van der Waals surface area (Å²) in [5, 5.41) is 15.3. The van der Waals surface area contributed by atoms with Gasteiger partial charge in [0.25, 0.3) is 5.91 Å². The number of halogens is 2. The van der Waals surface area contributed by atoms with Gasteiger partial charge in [0.1, 0.15) is 17.2 Å². The monoisotopic (exact) mass is 325 g/mol. The maximum atomic E-state index is 13.6. The molecule has 0 atom stereocenters. The Hall–Kier alpha value is -2.06. The summed E-state index contributed by atoms with van der Waals surface area (Å²) in [7, 11) is 0. The Morgan fingerprint density at radius 1 is 1.48 bits per heavy atom. The minimum atomic E-state index is -0.640. The fraction of sp³-hybridized carbons (Fsp3) is 0.167. The van der Waals surface area contributed by atoms with Crippen LogP contribution in [0.15, 0.2) is 24.5 Å². The lowest BCUT2D eigenvalue weighted by Gasteiger charge is -2.06. The Morgan fingerprint density at radius 3 is 3.10 bits per heavy atom. The second-order valence-electron chi connectivity index (χ2n) is 4.16. The van der Waals surface area contributed by atoms with Crippen LogP contribution in [0.2, 0.25) is 5.02 Å². The van der Waals surface area contributed by atoms with Crippen molar-refractivity contribution in [1.82, 2.24) is 25.1 Å². The SMILES string of the molecule is O=C(NCCc1nn2cnnc2s1)c1c(F)cccc1Cl. The topological polar surface area (TPSA) is 72.2 Å². The van der Waals surface area contributed by atoms with E-state index in [0.29, 0.717) is 17.9 Å². The largest absolute Gasteiger partial charge is 0.351 e. The standard InChI is InChI=1S/C12H9ClFN5OS/c13-7-2-1-3-8(14)10(7)11(20)15-5-4-9-18-19-6-16-17-12(19)21-9/h1-3,6H,4-5H2,(H,15,20). The first-order chi connectivity index (χ1) is 10.1. The summed E-state index contributed by atoms with van der Waals surface area (Å²) in [5.74, 6) is -1.18. The number of amides is 1. The van der Waals surface area contributed by atoms with Crippen LogP contribution < -0.4 is 5.32 Å². The molecule has 0 saturated carbocycles. The molecule has 0 bridgehead atoms. The summed E-state index contributed by atoms with van der Waals surface area (Å²) in [6, 6.07) is 4.12. The van der Waals surface area contributed by atoms with Gasteiger partial charge in [-0.2, -0.15) is 9.61 Å². The van der Waals surface area contributed by atoms with Gasteiger partial charge in [-0.15, -0.1) is 10.2 Å². The van der Waals surface area contributed by atoms with E-state index in [0.717, 1.165) is 5.01 Å². The molecule has 1 aromatic carbocycles. The Kier molecular flexibility index (Phi) is 3.80. The number of carbonyl (C=O) groups excluding carboxylic acids is 1. The number of carbonyl (C=O) groups is 1. The number of nitrogens with one attached hydrogen (secondary N) is 1. The molecule has 0 unspecified atom stereocenters. The molecule has 6 nitrogen and oxygen atoms in total. The van der Waals surface area contributed by atoms with Gasteiger partial charge >= 0.3 is 0 Å². The van der Waals surface area contributed by atoms with E-state index in [2.05, 4.69) is 20.6 Å². The van der Waals surface area contributed by atoms with Gasteiger partial charge in [0, 0.05) is 13.0 Å². The molecule has 3 aromatic rings. The van der Waals surface area contributed by atoms with Gasteiger partial charge in [0.05, 0.1) is 10.6 Å². The lowest BCUT2D eigenvalue weighted by atomic mass is 10.2. The van der Waals surface area contributed by atoms with Gasteiger partial charge < -0.3 is 5.32 Å². The Morgan fingerprint density at radius 2 is 2.33 bits per heavy atom. The predicted octanol–water partition coefficient (Wildman–Crippen LogP) is 1.95. The van der Waals surface area contributed by atoms with Crippen molar-refractivity contribution in [1.29, 1.82) is 0 Å². The van der Waals surface area contributed by atoms with E-state index >= 15 is 0 Å². The molecule has 21 heavy (non-hydrogen) atoms. The maximum Gasteiger partial charge on any atom is 0.255 e. The lowest BCUT2D eigenvalue weighted by molar-refractivity contribution is 0.0950. The summed E-state index contributed by atoms with van der Waals surface area (Å²) < 4.78 is 15.1. The smallest absolute Gasteiger partial charge is 0.255 e. The number of rotatable bonds is 4. The summed E-state index contributed by atoms with van der Waals surface area (Å²) in [5.41, 5.74) is -0.141. The first-order valence-corrected chi connectivity index (χ1v) is 7.22. The summed E-state index contributed by atoms with van der Waals surface area (Å²) in [6.07, 6.45) is 2.03. The van der Waals surface area contributed by atoms with Crippen molar-refractivity contribution in [3.8, 4) is 0 Å². The zero-order valence-corrected chi connectivity index (χ0v) is 12.2. The molecule has 108 valence electrons. The molecule has 1 N–H and O–H groups in total. The number of fused-ring (bicyclic) bond motifs is 1. The molecule has 0 saturated heterocycles. The molecular weight excluding hydrogens is 317 g/mol. The number of nitrogens with zero attached hydrogens (tertiary/aromatic N) is 4. The molecule has 0 aliphatic carbocycles. The van der Waals surface area contributed by atoms with Crippen LogP contribution in [0.25, 0.3) is 4.96 Å². The quantitative estimate of drug-likeness (QED) is 0.796. The van der Waals surface area contributed by atoms with Gasteiger partial charge in [0.2, 0.25) is 4.96 Å². The highest BCUT2D eigenvalue weighted by Crippen LogP contribution is 2.18. The minimum Gasteiger partial charge on any atom is -0.351 e. The average Bonchev–Trinajstić information content (AvgIpc) is 2.99. The molecule has 0 aliphatic heterocycles. The normalized spacial score (nSPS) is 11.0. The molecular formula is C12H9ClFN5OS. The van der Waals surface area contributed by atoms with E-state index in [1.165, 1.54) is 35.9 Å². The number of aromatic nitrogens is 4. The number of benzene rings is 1. The van der Waals surface area contributed by atoms with Gasteiger partial charge in [-0.05, 0) is 12.1 Å². The maximum absolute atomic E-state index is 13.6. The highest BCUT2D eigenvalue weighted by molar-refractivity contribution is 7.16. The van der Waals surface area contributed by atoms with Crippen LogP contribution in [0.5, 0.6) is 0 Å². The van der Waals surface area contributed by atoms with Crippen molar-refractivity contribution >= 4 is 33.8 Å². The minimum absolute atomic E-state index is 0.0892. The van der Waals surface area contributed by atoms with Crippen LogP contribution in [-0.2, 0) is 6.42 Å². The molecule has 2 aromatic heterocycles. The van der Waals surface area contributed by atoms with Gasteiger partial charge in [0.15, 0.2) is 0 Å². The lowest BCUT2D eigenvalue weighted by Crippen LogP contribution is -2.26. The first-order valence-electron chi connectivity index (χ1n) is 6.03. The van der Waals surface area contributed by atoms with Gasteiger partial charge in [-0.3, -0.25) is 4.79 Å². The van der Waals surface area contributed by atoms with Gasteiger partial charge in [-0.25, -0.2) is 4.39 Å². The highest BCUT2D eigenvalue weighted by Gasteiger charge is 2.15. The number of hydrogen-bond acceptors (Lipinski definition) is 5. The Bertz CT molecular complexity index is 753. The van der Waals surface area contributed by atoms with Crippen molar-refractivity contribution in [3.05, 3.63) is 45.9 Å². The molecule has 0 fully saturated rings.